The Balaban J connectivity index is 2.56. The summed E-state index contributed by atoms with van der Waals surface area (Å²) >= 11 is 0. The molecule has 0 saturated heterocycles. The topological polar surface area (TPSA) is 95.7 Å². The van der Waals surface area contributed by atoms with E-state index in [9.17, 15) is 20.0 Å². The van der Waals surface area contributed by atoms with E-state index in [0.717, 1.165) is 0 Å². The van der Waals surface area contributed by atoms with Crippen LogP contribution in [0.25, 0.3) is 0 Å². The Morgan fingerprint density at radius 2 is 1.95 bits per heavy atom. The van der Waals surface area contributed by atoms with Crippen molar-refractivity contribution in [3.05, 3.63) is 39.9 Å². The normalized spacial score (nSPS) is 13.6. The molecular weight excluding hydrogens is 262 g/mol. The number of aliphatic hydroxyl groups is 1. The predicted molar refractivity (Wildman–Crippen MR) is 74.2 cm³/mol. The minimum atomic E-state index is -0.826. The van der Waals surface area contributed by atoms with Crippen molar-refractivity contribution in [2.45, 2.75) is 19.1 Å². The average molecular weight is 281 g/mol. The van der Waals surface area contributed by atoms with Crippen LogP contribution in [0.3, 0.4) is 0 Å². The van der Waals surface area contributed by atoms with Gasteiger partial charge in [0.25, 0.3) is 5.69 Å². The number of hydrogen-bond donors (Lipinski definition) is 2. The highest BCUT2D eigenvalue weighted by Gasteiger charge is 2.16. The van der Waals surface area contributed by atoms with Gasteiger partial charge in [-0.1, -0.05) is 0 Å². The third-order valence-corrected chi connectivity index (χ3v) is 2.92. The summed E-state index contributed by atoms with van der Waals surface area (Å²) in [6, 6.07) is 5.28. The van der Waals surface area contributed by atoms with Gasteiger partial charge in [-0.2, -0.15) is 0 Å². The number of non-ortho nitro benzene ring substituents is 1. The van der Waals surface area contributed by atoms with Gasteiger partial charge < -0.3 is 15.3 Å². The molecule has 2 unspecified atom stereocenters. The van der Waals surface area contributed by atoms with Crippen LogP contribution in [-0.4, -0.2) is 47.5 Å². The summed E-state index contributed by atoms with van der Waals surface area (Å²) < 4.78 is 0. The van der Waals surface area contributed by atoms with Crippen molar-refractivity contribution in [3.63, 3.8) is 0 Å². The molecule has 0 spiro atoms. The molecule has 0 bridgehead atoms. The van der Waals surface area contributed by atoms with Crippen LogP contribution in [0.5, 0.6) is 0 Å². The van der Waals surface area contributed by atoms with E-state index in [1.165, 1.54) is 29.2 Å². The maximum atomic E-state index is 11.6. The minimum absolute atomic E-state index is 0.0231. The zero-order chi connectivity index (χ0) is 15.3. The van der Waals surface area contributed by atoms with Crippen molar-refractivity contribution in [2.24, 2.45) is 0 Å². The third-order valence-electron chi connectivity index (χ3n) is 2.92. The van der Waals surface area contributed by atoms with Crippen LogP contribution in [0.15, 0.2) is 24.3 Å². The number of nitrogens with one attached hydrogen (secondary N) is 1. The lowest BCUT2D eigenvalue weighted by Gasteiger charge is -2.20. The van der Waals surface area contributed by atoms with Crippen LogP contribution in [0.1, 0.15) is 18.6 Å². The van der Waals surface area contributed by atoms with Gasteiger partial charge in [0.15, 0.2) is 0 Å². The second kappa shape index (κ2) is 6.97. The molecule has 0 aliphatic carbocycles. The van der Waals surface area contributed by atoms with E-state index in [0.29, 0.717) is 5.56 Å². The Morgan fingerprint density at radius 1 is 1.40 bits per heavy atom. The minimum Gasteiger partial charge on any atom is -0.387 e. The predicted octanol–water partition coefficient (Wildman–Crippen LogP) is 0.695. The van der Waals surface area contributed by atoms with Crippen LogP contribution < -0.4 is 5.32 Å². The van der Waals surface area contributed by atoms with Crippen LogP contribution >= 0.6 is 0 Å². The molecule has 1 aromatic rings. The van der Waals surface area contributed by atoms with Crippen molar-refractivity contribution in [1.82, 2.24) is 10.2 Å². The molecule has 0 saturated carbocycles. The zero-order valence-electron chi connectivity index (χ0n) is 11.7. The van der Waals surface area contributed by atoms with E-state index < -0.39 is 17.1 Å². The maximum Gasteiger partial charge on any atom is 0.269 e. The highest BCUT2D eigenvalue weighted by Crippen LogP contribution is 2.17. The summed E-state index contributed by atoms with van der Waals surface area (Å²) in [5.74, 6) is -0.0825. The molecule has 2 N–H and O–H groups in total. The fraction of sp³-hybridized carbons (Fsp3) is 0.462. The van der Waals surface area contributed by atoms with Gasteiger partial charge in [-0.15, -0.1) is 0 Å². The average Bonchev–Trinajstić information content (AvgIpc) is 2.43. The first-order chi connectivity index (χ1) is 9.32. The summed E-state index contributed by atoms with van der Waals surface area (Å²) in [5, 5.41) is 23.4. The van der Waals surface area contributed by atoms with Crippen molar-refractivity contribution >= 4 is 11.6 Å². The number of carbonyl (C=O) groups is 1. The number of aliphatic hydroxyl groups excluding tert-OH is 1. The van der Waals surface area contributed by atoms with E-state index >= 15 is 0 Å². The number of nitro benzene ring substituents is 1. The summed E-state index contributed by atoms with van der Waals surface area (Å²) in [6.07, 6.45) is -0.826. The monoisotopic (exact) mass is 281 g/mol. The number of carbonyl (C=O) groups excluding carboxylic acids is 1. The van der Waals surface area contributed by atoms with Crippen molar-refractivity contribution < 1.29 is 14.8 Å². The highest BCUT2D eigenvalue weighted by molar-refractivity contribution is 5.80. The second-order valence-electron chi connectivity index (χ2n) is 4.73. The standard InChI is InChI=1S/C13H19N3O4/c1-9(13(18)15(2)3)14-8-12(17)10-4-6-11(7-5-10)16(19)20/h4-7,9,12,14,17H,8H2,1-3H3. The van der Waals surface area contributed by atoms with E-state index in [1.54, 1.807) is 21.0 Å². The molecule has 110 valence electrons. The maximum absolute atomic E-state index is 11.6. The smallest absolute Gasteiger partial charge is 0.269 e. The number of amides is 1. The van der Waals surface area contributed by atoms with Crippen molar-refractivity contribution in [2.75, 3.05) is 20.6 Å². The molecular formula is C13H19N3O4. The highest BCUT2D eigenvalue weighted by atomic mass is 16.6. The summed E-state index contributed by atoms with van der Waals surface area (Å²) in [5.41, 5.74) is 0.540. The Hall–Kier alpha value is -1.99. The van der Waals surface area contributed by atoms with Crippen LogP contribution in [0.2, 0.25) is 0 Å². The van der Waals surface area contributed by atoms with Gasteiger partial charge in [0.2, 0.25) is 5.91 Å². The number of hydrogen-bond acceptors (Lipinski definition) is 5. The van der Waals surface area contributed by atoms with Gasteiger partial charge >= 0.3 is 0 Å². The van der Waals surface area contributed by atoms with Crippen LogP contribution in [-0.2, 0) is 4.79 Å². The number of benzene rings is 1. The fourth-order valence-electron chi connectivity index (χ4n) is 1.70. The number of likely N-dealkylation sites (N-methyl/N-ethyl adjacent to an activating group) is 1. The first kappa shape index (κ1) is 16.1. The Morgan fingerprint density at radius 3 is 2.40 bits per heavy atom. The molecule has 0 radical (unpaired) electrons. The molecule has 0 aromatic heterocycles. The van der Waals surface area contributed by atoms with E-state index in [2.05, 4.69) is 5.32 Å². The molecule has 7 nitrogen and oxygen atoms in total. The SMILES string of the molecule is CC(NCC(O)c1ccc([N+](=O)[O-])cc1)C(=O)N(C)C. The van der Waals surface area contributed by atoms with Crippen molar-refractivity contribution in [3.8, 4) is 0 Å². The molecule has 1 aromatic carbocycles. The molecule has 2 atom stereocenters. The largest absolute Gasteiger partial charge is 0.387 e. The van der Waals surface area contributed by atoms with Gasteiger partial charge in [0, 0.05) is 32.8 Å². The van der Waals surface area contributed by atoms with Crippen LogP contribution in [0, 0.1) is 10.1 Å². The zero-order valence-corrected chi connectivity index (χ0v) is 11.7. The van der Waals surface area contributed by atoms with Gasteiger partial charge in [-0.25, -0.2) is 0 Å². The van der Waals surface area contributed by atoms with Gasteiger partial charge in [0.05, 0.1) is 17.1 Å². The van der Waals surface area contributed by atoms with Gasteiger partial charge in [-0.3, -0.25) is 14.9 Å². The van der Waals surface area contributed by atoms with Crippen molar-refractivity contribution in [1.29, 1.82) is 0 Å². The Kier molecular flexibility index (Phi) is 5.60. The molecule has 0 fully saturated rings. The quantitative estimate of drug-likeness (QED) is 0.591. The lowest BCUT2D eigenvalue weighted by Crippen LogP contribution is -2.42. The summed E-state index contributed by atoms with van der Waals surface area (Å²) in [7, 11) is 3.32. The number of rotatable bonds is 6. The number of nitro groups is 1. The lowest BCUT2D eigenvalue weighted by atomic mass is 10.1. The molecule has 20 heavy (non-hydrogen) atoms. The molecule has 0 heterocycles. The van der Waals surface area contributed by atoms with E-state index in [4.69, 9.17) is 0 Å². The van der Waals surface area contributed by atoms with Crippen LogP contribution in [0.4, 0.5) is 5.69 Å². The van der Waals surface area contributed by atoms with Gasteiger partial charge in [-0.05, 0) is 24.6 Å². The third kappa shape index (κ3) is 4.29. The first-order valence-corrected chi connectivity index (χ1v) is 6.20. The lowest BCUT2D eigenvalue weighted by molar-refractivity contribution is -0.384. The molecule has 1 amide bonds. The second-order valence-corrected chi connectivity index (χ2v) is 4.73. The molecule has 0 aliphatic rings. The van der Waals surface area contributed by atoms with Gasteiger partial charge in [0.1, 0.15) is 0 Å². The molecule has 7 heteroatoms. The van der Waals surface area contributed by atoms with E-state index in [-0.39, 0.29) is 18.1 Å². The number of nitrogens with zero attached hydrogens (tertiary/aromatic N) is 2. The Bertz CT molecular complexity index is 473. The first-order valence-electron chi connectivity index (χ1n) is 6.20. The summed E-state index contributed by atoms with van der Waals surface area (Å²) in [6.45, 7) is 1.91. The molecule has 0 aliphatic heterocycles. The Labute approximate surface area is 117 Å². The fourth-order valence-corrected chi connectivity index (χ4v) is 1.70. The summed E-state index contributed by atoms with van der Waals surface area (Å²) in [4.78, 5) is 23.1. The van der Waals surface area contributed by atoms with E-state index in [1.807, 2.05) is 0 Å². The molecule has 1 rings (SSSR count).